The minimum Gasteiger partial charge on any atom is -0.396 e. The molecule has 4 rings (SSSR count). The number of hydrogen-bond acceptors (Lipinski definition) is 2. The Hall–Kier alpha value is -2.55. The van der Waals surface area contributed by atoms with Crippen molar-refractivity contribution in [3.8, 4) is 22.4 Å². The second-order valence-electron chi connectivity index (χ2n) is 5.49. The molecule has 0 saturated heterocycles. The van der Waals surface area contributed by atoms with Crippen LogP contribution >= 0.6 is 0 Å². The Morgan fingerprint density at radius 3 is 2.71 bits per heavy atom. The lowest BCUT2D eigenvalue weighted by atomic mass is 10.0. The van der Waals surface area contributed by atoms with Gasteiger partial charge in [-0.1, -0.05) is 36.4 Å². The van der Waals surface area contributed by atoms with E-state index in [4.69, 9.17) is 5.73 Å². The summed E-state index contributed by atoms with van der Waals surface area (Å²) in [5.41, 5.74) is 14.3. The minimum atomic E-state index is 0.743. The van der Waals surface area contributed by atoms with Crippen LogP contribution in [0, 0.1) is 0 Å². The fourth-order valence-electron chi connectivity index (χ4n) is 3.12. The van der Waals surface area contributed by atoms with Crippen LogP contribution in [-0.4, -0.2) is 9.78 Å². The van der Waals surface area contributed by atoms with Crippen molar-refractivity contribution < 1.29 is 0 Å². The highest BCUT2D eigenvalue weighted by atomic mass is 15.3. The Balaban J connectivity index is 1.81. The van der Waals surface area contributed by atoms with Crippen LogP contribution in [-0.2, 0) is 13.0 Å². The maximum atomic E-state index is 6.10. The molecule has 1 aromatic heterocycles. The summed E-state index contributed by atoms with van der Waals surface area (Å²) in [5, 5.41) is 4.56. The Bertz CT molecular complexity index is 830. The maximum absolute atomic E-state index is 6.10. The van der Waals surface area contributed by atoms with Crippen LogP contribution in [0.15, 0.2) is 48.7 Å². The number of fused-ring (bicyclic) bond motifs is 3. The molecule has 0 aliphatic heterocycles. The largest absolute Gasteiger partial charge is 0.396 e. The monoisotopic (exact) mass is 275 g/mol. The summed E-state index contributed by atoms with van der Waals surface area (Å²) in [7, 11) is 0. The average Bonchev–Trinajstić information content (AvgIpc) is 3.06. The molecule has 0 bridgehead atoms. The predicted octanol–water partition coefficient (Wildman–Crippen LogP) is 3.72. The van der Waals surface area contributed by atoms with Gasteiger partial charge in [0.2, 0.25) is 0 Å². The fourth-order valence-corrected chi connectivity index (χ4v) is 3.12. The van der Waals surface area contributed by atoms with Crippen LogP contribution in [0.3, 0.4) is 0 Å². The van der Waals surface area contributed by atoms with E-state index in [0.717, 1.165) is 29.9 Å². The van der Waals surface area contributed by atoms with Crippen molar-refractivity contribution in [3.05, 3.63) is 59.8 Å². The van der Waals surface area contributed by atoms with E-state index in [0.29, 0.717) is 0 Å². The van der Waals surface area contributed by atoms with Gasteiger partial charge in [-0.15, -0.1) is 0 Å². The zero-order valence-electron chi connectivity index (χ0n) is 12.0. The van der Waals surface area contributed by atoms with E-state index in [9.17, 15) is 0 Å². The van der Waals surface area contributed by atoms with E-state index in [1.165, 1.54) is 22.3 Å². The van der Waals surface area contributed by atoms with Crippen molar-refractivity contribution in [2.75, 3.05) is 5.73 Å². The third-order valence-corrected chi connectivity index (χ3v) is 4.18. The molecule has 0 amide bonds. The molecule has 0 spiro atoms. The van der Waals surface area contributed by atoms with Gasteiger partial charge in [0.05, 0.1) is 5.69 Å². The summed E-state index contributed by atoms with van der Waals surface area (Å²) in [5.74, 6) is 0. The van der Waals surface area contributed by atoms with Gasteiger partial charge in [0.15, 0.2) is 0 Å². The fraction of sp³-hybridized carbons (Fsp3) is 0.167. The number of anilines is 1. The van der Waals surface area contributed by atoms with Crippen molar-refractivity contribution in [2.24, 2.45) is 0 Å². The SMILES string of the molecule is CCn1cc(N)c(-c2ccc3c(c2)Cc2ccccc2-3)n1. The summed E-state index contributed by atoms with van der Waals surface area (Å²) in [6, 6.07) is 15.2. The van der Waals surface area contributed by atoms with Crippen LogP contribution in [0.5, 0.6) is 0 Å². The lowest BCUT2D eigenvalue weighted by molar-refractivity contribution is 0.662. The molecular weight excluding hydrogens is 258 g/mol. The van der Waals surface area contributed by atoms with Gasteiger partial charge in [-0.25, -0.2) is 0 Å². The van der Waals surface area contributed by atoms with Gasteiger partial charge < -0.3 is 5.73 Å². The smallest absolute Gasteiger partial charge is 0.115 e. The van der Waals surface area contributed by atoms with Crippen molar-refractivity contribution in [1.82, 2.24) is 9.78 Å². The lowest BCUT2D eigenvalue weighted by Crippen LogP contribution is -1.94. The summed E-state index contributed by atoms with van der Waals surface area (Å²) in [6.07, 6.45) is 2.89. The molecule has 0 saturated carbocycles. The molecule has 1 aliphatic rings. The summed E-state index contributed by atoms with van der Waals surface area (Å²) in [4.78, 5) is 0. The molecule has 1 heterocycles. The molecule has 21 heavy (non-hydrogen) atoms. The third kappa shape index (κ3) is 1.85. The molecule has 104 valence electrons. The topological polar surface area (TPSA) is 43.8 Å². The first-order valence-corrected chi connectivity index (χ1v) is 7.30. The first kappa shape index (κ1) is 12.2. The lowest BCUT2D eigenvalue weighted by Gasteiger charge is -2.04. The van der Waals surface area contributed by atoms with Gasteiger partial charge in [-0.2, -0.15) is 5.10 Å². The molecule has 0 unspecified atom stereocenters. The molecule has 3 nitrogen and oxygen atoms in total. The van der Waals surface area contributed by atoms with Gasteiger partial charge in [-0.05, 0) is 41.7 Å². The van der Waals surface area contributed by atoms with E-state index in [2.05, 4.69) is 54.5 Å². The van der Waals surface area contributed by atoms with Crippen LogP contribution in [0.4, 0.5) is 5.69 Å². The highest BCUT2D eigenvalue weighted by molar-refractivity contribution is 5.81. The highest BCUT2D eigenvalue weighted by Crippen LogP contribution is 2.38. The Kier molecular flexibility index (Phi) is 2.61. The summed E-state index contributed by atoms with van der Waals surface area (Å²) < 4.78 is 1.88. The van der Waals surface area contributed by atoms with E-state index in [1.807, 2.05) is 10.9 Å². The van der Waals surface area contributed by atoms with Crippen LogP contribution in [0.2, 0.25) is 0 Å². The molecule has 0 fully saturated rings. The van der Waals surface area contributed by atoms with Crippen LogP contribution in [0.1, 0.15) is 18.1 Å². The first-order valence-electron chi connectivity index (χ1n) is 7.30. The van der Waals surface area contributed by atoms with Gasteiger partial charge in [0.25, 0.3) is 0 Å². The molecule has 2 aromatic carbocycles. The number of benzene rings is 2. The minimum absolute atomic E-state index is 0.743. The Morgan fingerprint density at radius 2 is 1.90 bits per heavy atom. The molecule has 0 atom stereocenters. The number of nitrogens with zero attached hydrogens (tertiary/aromatic N) is 2. The first-order chi connectivity index (χ1) is 10.3. The molecule has 0 radical (unpaired) electrons. The molecular formula is C18H17N3. The zero-order valence-corrected chi connectivity index (χ0v) is 12.0. The Labute approximate surface area is 124 Å². The van der Waals surface area contributed by atoms with Crippen LogP contribution < -0.4 is 5.73 Å². The summed E-state index contributed by atoms with van der Waals surface area (Å²) >= 11 is 0. The van der Waals surface area contributed by atoms with Gasteiger partial charge in [-0.3, -0.25) is 4.68 Å². The summed E-state index contributed by atoms with van der Waals surface area (Å²) in [6.45, 7) is 2.90. The van der Waals surface area contributed by atoms with Gasteiger partial charge >= 0.3 is 0 Å². The standard InChI is InChI=1S/C18H17N3/c1-2-21-11-17(19)18(20-21)13-7-8-16-14(10-13)9-12-5-3-4-6-15(12)16/h3-8,10-11H,2,9,19H2,1H3. The van der Waals surface area contributed by atoms with Crippen molar-refractivity contribution in [2.45, 2.75) is 19.9 Å². The Morgan fingerprint density at radius 1 is 1.10 bits per heavy atom. The number of aromatic nitrogens is 2. The number of nitrogens with two attached hydrogens (primary N) is 1. The van der Waals surface area contributed by atoms with Gasteiger partial charge in [0, 0.05) is 18.3 Å². The molecule has 3 aromatic rings. The van der Waals surface area contributed by atoms with Gasteiger partial charge in [0.1, 0.15) is 5.69 Å². The number of rotatable bonds is 2. The van der Waals surface area contributed by atoms with Crippen molar-refractivity contribution in [1.29, 1.82) is 0 Å². The number of aryl methyl sites for hydroxylation is 1. The van der Waals surface area contributed by atoms with E-state index in [1.54, 1.807) is 0 Å². The van der Waals surface area contributed by atoms with Crippen molar-refractivity contribution >= 4 is 5.69 Å². The average molecular weight is 275 g/mol. The molecule has 1 aliphatic carbocycles. The second-order valence-corrected chi connectivity index (χ2v) is 5.49. The normalized spacial score (nSPS) is 12.2. The van der Waals surface area contributed by atoms with E-state index in [-0.39, 0.29) is 0 Å². The second kappa shape index (κ2) is 4.48. The predicted molar refractivity (Wildman–Crippen MR) is 86.0 cm³/mol. The highest BCUT2D eigenvalue weighted by Gasteiger charge is 2.19. The van der Waals surface area contributed by atoms with Crippen molar-refractivity contribution in [3.63, 3.8) is 0 Å². The zero-order chi connectivity index (χ0) is 14.4. The number of hydrogen-bond donors (Lipinski definition) is 1. The third-order valence-electron chi connectivity index (χ3n) is 4.18. The maximum Gasteiger partial charge on any atom is 0.115 e. The molecule has 2 N–H and O–H groups in total. The quantitative estimate of drug-likeness (QED) is 0.606. The molecule has 3 heteroatoms. The van der Waals surface area contributed by atoms with E-state index >= 15 is 0 Å². The van der Waals surface area contributed by atoms with Crippen LogP contribution in [0.25, 0.3) is 22.4 Å². The number of nitrogen functional groups attached to an aromatic ring is 1. The van der Waals surface area contributed by atoms with E-state index < -0.39 is 0 Å².